The molecule has 26 heavy (non-hydrogen) atoms. The number of halogens is 2. The quantitative estimate of drug-likeness (QED) is 0.802. The molecule has 140 valence electrons. The number of fused-ring (bicyclic) bond motifs is 1. The summed E-state index contributed by atoms with van der Waals surface area (Å²) < 4.78 is 20.2. The summed E-state index contributed by atoms with van der Waals surface area (Å²) in [7, 11) is 0. The number of hydrogen-bond acceptors (Lipinski definition) is 3. The van der Waals surface area contributed by atoms with E-state index in [1.807, 2.05) is 37.3 Å². The third-order valence-corrected chi connectivity index (χ3v) is 4.38. The number of hydrogen-bond donors (Lipinski definition) is 2. The van der Waals surface area contributed by atoms with E-state index in [0.29, 0.717) is 31.6 Å². The Labute approximate surface area is 159 Å². The zero-order chi connectivity index (χ0) is 17.6. The lowest BCUT2D eigenvalue weighted by molar-refractivity contribution is -0.116. The van der Waals surface area contributed by atoms with Crippen molar-refractivity contribution in [2.75, 3.05) is 18.5 Å². The zero-order valence-corrected chi connectivity index (χ0v) is 15.6. The van der Waals surface area contributed by atoms with Crippen molar-refractivity contribution in [3.05, 3.63) is 58.9 Å². The Bertz CT molecular complexity index is 767. The molecule has 0 spiro atoms. The smallest absolute Gasteiger partial charge is 0.224 e. The molecule has 4 nitrogen and oxygen atoms in total. The van der Waals surface area contributed by atoms with Gasteiger partial charge in [-0.25, -0.2) is 4.39 Å². The Morgan fingerprint density at radius 1 is 1.27 bits per heavy atom. The summed E-state index contributed by atoms with van der Waals surface area (Å²) in [4.78, 5) is 12.2. The third-order valence-electron chi connectivity index (χ3n) is 4.38. The highest BCUT2D eigenvalue weighted by Gasteiger charge is 2.17. The van der Waals surface area contributed by atoms with Gasteiger partial charge in [0.25, 0.3) is 0 Å². The molecule has 2 aromatic carbocycles. The molecule has 2 aromatic rings. The van der Waals surface area contributed by atoms with E-state index in [9.17, 15) is 9.18 Å². The van der Waals surface area contributed by atoms with Gasteiger partial charge in [-0.05, 0) is 55.1 Å². The first-order chi connectivity index (χ1) is 12.2. The maximum atomic E-state index is 14.6. The standard InChI is InChI=1S/C20H23FN2O2.ClH/c1-2-25-18-6-4-3-5-14(18)8-10-19(24)23-17-9-7-15-13-22-12-11-16(15)20(17)21;/h3-7,9,22H,2,8,10-13H2,1H3,(H,23,24);1H. The fourth-order valence-electron chi connectivity index (χ4n) is 3.10. The fraction of sp³-hybridized carbons (Fsp3) is 0.350. The topological polar surface area (TPSA) is 50.4 Å². The molecule has 0 atom stereocenters. The minimum Gasteiger partial charge on any atom is -0.494 e. The number of rotatable bonds is 6. The number of anilines is 1. The molecule has 1 aliphatic heterocycles. The van der Waals surface area contributed by atoms with Gasteiger partial charge in [-0.3, -0.25) is 4.79 Å². The lowest BCUT2D eigenvalue weighted by Gasteiger charge is -2.19. The van der Waals surface area contributed by atoms with Crippen molar-refractivity contribution in [3.63, 3.8) is 0 Å². The van der Waals surface area contributed by atoms with Crippen LogP contribution >= 0.6 is 12.4 Å². The number of ether oxygens (including phenoxy) is 1. The zero-order valence-electron chi connectivity index (χ0n) is 14.8. The Kier molecular flexibility index (Phi) is 7.42. The molecule has 1 aliphatic rings. The molecule has 0 fully saturated rings. The molecule has 0 unspecified atom stereocenters. The number of amides is 1. The van der Waals surface area contributed by atoms with Crippen LogP contribution in [0.3, 0.4) is 0 Å². The molecule has 0 aromatic heterocycles. The second kappa shape index (κ2) is 9.55. The van der Waals surface area contributed by atoms with E-state index in [0.717, 1.165) is 23.4 Å². The first-order valence-electron chi connectivity index (χ1n) is 8.70. The number of para-hydroxylation sites is 1. The van der Waals surface area contributed by atoms with E-state index in [2.05, 4.69) is 10.6 Å². The lowest BCUT2D eigenvalue weighted by Crippen LogP contribution is -2.25. The van der Waals surface area contributed by atoms with Gasteiger partial charge < -0.3 is 15.4 Å². The van der Waals surface area contributed by atoms with Gasteiger partial charge in [0.2, 0.25) is 5.91 Å². The van der Waals surface area contributed by atoms with Crippen LogP contribution < -0.4 is 15.4 Å². The summed E-state index contributed by atoms with van der Waals surface area (Å²) in [6, 6.07) is 11.2. The predicted molar refractivity (Wildman–Crippen MR) is 104 cm³/mol. The number of aryl methyl sites for hydroxylation is 1. The van der Waals surface area contributed by atoms with E-state index in [4.69, 9.17) is 4.74 Å². The van der Waals surface area contributed by atoms with Crippen molar-refractivity contribution in [1.29, 1.82) is 0 Å². The van der Waals surface area contributed by atoms with Crippen molar-refractivity contribution in [2.45, 2.75) is 32.7 Å². The second-order valence-electron chi connectivity index (χ2n) is 6.08. The van der Waals surface area contributed by atoms with Crippen LogP contribution in [0.25, 0.3) is 0 Å². The molecule has 1 heterocycles. The van der Waals surface area contributed by atoms with Crippen LogP contribution in [-0.2, 0) is 24.2 Å². The van der Waals surface area contributed by atoms with E-state index in [1.54, 1.807) is 6.07 Å². The number of carbonyl (C=O) groups is 1. The number of carbonyl (C=O) groups excluding carboxylic acids is 1. The first kappa shape index (κ1) is 20.2. The van der Waals surface area contributed by atoms with Crippen LogP contribution in [0.4, 0.5) is 10.1 Å². The number of benzene rings is 2. The maximum Gasteiger partial charge on any atom is 0.224 e. The Balaban J connectivity index is 0.00000243. The first-order valence-corrected chi connectivity index (χ1v) is 8.70. The van der Waals surface area contributed by atoms with Gasteiger partial charge in [0.15, 0.2) is 0 Å². The molecule has 0 saturated carbocycles. The fourth-order valence-corrected chi connectivity index (χ4v) is 3.10. The van der Waals surface area contributed by atoms with Gasteiger partial charge in [-0.2, -0.15) is 0 Å². The molecular weight excluding hydrogens is 355 g/mol. The normalized spacial score (nSPS) is 12.7. The van der Waals surface area contributed by atoms with Crippen molar-refractivity contribution < 1.29 is 13.9 Å². The molecule has 0 bridgehead atoms. The Morgan fingerprint density at radius 2 is 2.08 bits per heavy atom. The minimum atomic E-state index is -0.304. The Morgan fingerprint density at radius 3 is 2.88 bits per heavy atom. The molecule has 3 rings (SSSR count). The highest BCUT2D eigenvalue weighted by molar-refractivity contribution is 5.91. The SMILES string of the molecule is CCOc1ccccc1CCC(=O)Nc1ccc2c(c1F)CCNC2.Cl. The van der Waals surface area contributed by atoms with Gasteiger partial charge in [-0.1, -0.05) is 24.3 Å². The van der Waals surface area contributed by atoms with E-state index in [1.165, 1.54) is 0 Å². The minimum absolute atomic E-state index is 0. The summed E-state index contributed by atoms with van der Waals surface area (Å²) in [6.45, 7) is 3.94. The second-order valence-corrected chi connectivity index (χ2v) is 6.08. The largest absolute Gasteiger partial charge is 0.494 e. The summed E-state index contributed by atoms with van der Waals surface area (Å²) >= 11 is 0. The summed E-state index contributed by atoms with van der Waals surface area (Å²) in [5.41, 5.74) is 2.92. The van der Waals surface area contributed by atoms with Crippen LogP contribution in [0.1, 0.15) is 30.0 Å². The molecule has 0 saturated heterocycles. The highest BCUT2D eigenvalue weighted by atomic mass is 35.5. The molecule has 0 radical (unpaired) electrons. The van der Waals surface area contributed by atoms with Crippen LogP contribution in [0.2, 0.25) is 0 Å². The molecule has 2 N–H and O–H groups in total. The van der Waals surface area contributed by atoms with Gasteiger partial charge in [0.1, 0.15) is 11.6 Å². The van der Waals surface area contributed by atoms with Crippen molar-refractivity contribution in [2.24, 2.45) is 0 Å². The van der Waals surface area contributed by atoms with Gasteiger partial charge in [0.05, 0.1) is 12.3 Å². The van der Waals surface area contributed by atoms with Gasteiger partial charge in [-0.15, -0.1) is 12.4 Å². The third kappa shape index (κ3) is 4.74. The van der Waals surface area contributed by atoms with Crippen LogP contribution in [0, 0.1) is 5.82 Å². The van der Waals surface area contributed by atoms with E-state index >= 15 is 0 Å². The maximum absolute atomic E-state index is 14.6. The lowest BCUT2D eigenvalue weighted by atomic mass is 9.99. The predicted octanol–water partition coefficient (Wildman–Crippen LogP) is 3.86. The van der Waals surface area contributed by atoms with Crippen LogP contribution in [0.5, 0.6) is 5.75 Å². The average molecular weight is 379 g/mol. The van der Waals surface area contributed by atoms with Gasteiger partial charge in [0, 0.05) is 13.0 Å². The van der Waals surface area contributed by atoms with Crippen molar-refractivity contribution >= 4 is 24.0 Å². The van der Waals surface area contributed by atoms with Crippen molar-refractivity contribution in [3.8, 4) is 5.75 Å². The van der Waals surface area contributed by atoms with E-state index < -0.39 is 0 Å². The van der Waals surface area contributed by atoms with Crippen LogP contribution in [-0.4, -0.2) is 19.1 Å². The summed E-state index contributed by atoms with van der Waals surface area (Å²) in [5.74, 6) is 0.298. The monoisotopic (exact) mass is 378 g/mol. The summed E-state index contributed by atoms with van der Waals surface area (Å²) in [5, 5.41) is 5.92. The average Bonchev–Trinajstić information content (AvgIpc) is 2.64. The number of nitrogens with one attached hydrogen (secondary N) is 2. The highest BCUT2D eigenvalue weighted by Crippen LogP contribution is 2.25. The van der Waals surface area contributed by atoms with Crippen LogP contribution in [0.15, 0.2) is 36.4 Å². The van der Waals surface area contributed by atoms with E-state index in [-0.39, 0.29) is 36.2 Å². The molecule has 1 amide bonds. The Hall–Kier alpha value is -2.11. The summed E-state index contributed by atoms with van der Waals surface area (Å²) in [6.07, 6.45) is 1.48. The van der Waals surface area contributed by atoms with Crippen molar-refractivity contribution in [1.82, 2.24) is 5.32 Å². The molecular formula is C20H24ClFN2O2. The van der Waals surface area contributed by atoms with Gasteiger partial charge >= 0.3 is 0 Å². The molecule has 0 aliphatic carbocycles. The molecule has 6 heteroatoms.